The fourth-order valence-corrected chi connectivity index (χ4v) is 5.05. The van der Waals surface area contributed by atoms with E-state index in [1.807, 2.05) is 30.3 Å². The molecule has 2 aromatic rings. The molecule has 0 aromatic heterocycles. The first kappa shape index (κ1) is 22.8. The topological polar surface area (TPSA) is 105 Å². The molecule has 166 valence electrons. The lowest BCUT2D eigenvalue weighted by atomic mass is 10.0. The Morgan fingerprint density at radius 1 is 1.19 bits per heavy atom. The molecule has 9 heteroatoms. The summed E-state index contributed by atoms with van der Waals surface area (Å²) in [5.41, 5.74) is 1.05. The number of benzene rings is 2. The van der Waals surface area contributed by atoms with Crippen molar-refractivity contribution in [1.82, 2.24) is 14.9 Å². The van der Waals surface area contributed by atoms with Gasteiger partial charge in [-0.3, -0.25) is 9.59 Å². The number of ether oxygens (including phenoxy) is 1. The Morgan fingerprint density at radius 3 is 2.55 bits per heavy atom. The number of methoxy groups -OCH3 is 1. The van der Waals surface area contributed by atoms with Crippen LogP contribution in [0, 0.1) is 0 Å². The summed E-state index contributed by atoms with van der Waals surface area (Å²) in [5.74, 6) is -0.339. The number of rotatable bonds is 6. The number of nitrogens with one attached hydrogen (secondary N) is 2. The zero-order chi connectivity index (χ0) is 22.6. The largest absolute Gasteiger partial charge is 0.495 e. The predicted molar refractivity (Wildman–Crippen MR) is 116 cm³/mol. The maximum atomic E-state index is 13.5. The third kappa shape index (κ3) is 5.23. The van der Waals surface area contributed by atoms with E-state index in [2.05, 4.69) is 10.0 Å². The second-order valence-electron chi connectivity index (χ2n) is 7.62. The molecule has 8 nitrogen and oxygen atoms in total. The summed E-state index contributed by atoms with van der Waals surface area (Å²) in [6.45, 7) is 4.06. The highest BCUT2D eigenvalue weighted by Crippen LogP contribution is 2.30. The smallest absolute Gasteiger partial charge is 0.254 e. The second kappa shape index (κ2) is 9.49. The van der Waals surface area contributed by atoms with Crippen molar-refractivity contribution in [2.75, 3.05) is 20.2 Å². The standard InChI is InChI=1S/C22H27N3O5S/c1-15(2)24-31(28,29)20-13-17(9-10-19(20)30-3)22(27)25-12-11-23-21(26)14-18(25)16-7-5-4-6-8-16/h4-10,13,15,18,24H,11-12,14H2,1-3H3,(H,23,26)/t18-/m0/s1. The number of sulfonamides is 1. The Morgan fingerprint density at radius 2 is 1.90 bits per heavy atom. The van der Waals surface area contributed by atoms with Crippen LogP contribution < -0.4 is 14.8 Å². The fourth-order valence-electron chi connectivity index (χ4n) is 3.60. The predicted octanol–water partition coefficient (Wildman–Crippen LogP) is 2.09. The molecule has 1 aliphatic rings. The summed E-state index contributed by atoms with van der Waals surface area (Å²) in [7, 11) is -2.51. The maximum Gasteiger partial charge on any atom is 0.254 e. The van der Waals surface area contributed by atoms with Crippen molar-refractivity contribution in [3.63, 3.8) is 0 Å². The van der Waals surface area contributed by atoms with Crippen molar-refractivity contribution in [3.05, 3.63) is 59.7 Å². The number of carbonyl (C=O) groups excluding carboxylic acids is 2. The summed E-state index contributed by atoms with van der Waals surface area (Å²) in [4.78, 5) is 27.2. The normalized spacial score (nSPS) is 17.2. The van der Waals surface area contributed by atoms with Crippen molar-refractivity contribution in [2.45, 2.75) is 37.2 Å². The average molecular weight is 446 g/mol. The molecule has 1 atom stereocenters. The van der Waals surface area contributed by atoms with E-state index in [0.717, 1.165) is 5.56 Å². The first-order valence-corrected chi connectivity index (χ1v) is 11.5. The minimum absolute atomic E-state index is 0.102. The van der Waals surface area contributed by atoms with E-state index in [1.54, 1.807) is 18.7 Å². The van der Waals surface area contributed by atoms with Crippen molar-refractivity contribution < 1.29 is 22.7 Å². The maximum absolute atomic E-state index is 13.5. The molecular formula is C22H27N3O5S. The van der Waals surface area contributed by atoms with Gasteiger partial charge < -0.3 is 15.0 Å². The highest BCUT2D eigenvalue weighted by atomic mass is 32.2. The highest BCUT2D eigenvalue weighted by molar-refractivity contribution is 7.89. The summed E-state index contributed by atoms with van der Waals surface area (Å²) < 4.78 is 33.3. The van der Waals surface area contributed by atoms with Gasteiger partial charge in [-0.25, -0.2) is 13.1 Å². The lowest BCUT2D eigenvalue weighted by Crippen LogP contribution is -2.37. The number of hydrogen-bond donors (Lipinski definition) is 2. The van der Waals surface area contributed by atoms with E-state index >= 15 is 0 Å². The van der Waals surface area contributed by atoms with Crippen LogP contribution in [0.1, 0.15) is 42.2 Å². The van der Waals surface area contributed by atoms with Gasteiger partial charge in [0.1, 0.15) is 10.6 Å². The third-order valence-corrected chi connectivity index (χ3v) is 6.65. The van der Waals surface area contributed by atoms with Gasteiger partial charge in [0.2, 0.25) is 15.9 Å². The molecule has 3 rings (SSSR count). The third-order valence-electron chi connectivity index (χ3n) is 4.97. The number of nitrogens with zero attached hydrogens (tertiary/aromatic N) is 1. The number of amides is 2. The minimum Gasteiger partial charge on any atom is -0.495 e. The van der Waals surface area contributed by atoms with Crippen LogP contribution in [0.15, 0.2) is 53.4 Å². The summed E-state index contributed by atoms with van der Waals surface area (Å²) in [5, 5.41) is 2.80. The number of carbonyl (C=O) groups is 2. The molecule has 1 fully saturated rings. The highest BCUT2D eigenvalue weighted by Gasteiger charge is 2.31. The van der Waals surface area contributed by atoms with Crippen LogP contribution in [0.4, 0.5) is 0 Å². The number of hydrogen-bond acceptors (Lipinski definition) is 5. The lowest BCUT2D eigenvalue weighted by Gasteiger charge is -2.30. The Labute approximate surface area is 182 Å². The second-order valence-corrected chi connectivity index (χ2v) is 9.30. The van der Waals surface area contributed by atoms with Crippen LogP contribution in [-0.4, -0.2) is 51.4 Å². The van der Waals surface area contributed by atoms with Gasteiger partial charge in [0, 0.05) is 24.7 Å². The van der Waals surface area contributed by atoms with Gasteiger partial charge in [-0.1, -0.05) is 30.3 Å². The molecular weight excluding hydrogens is 418 g/mol. The van der Waals surface area contributed by atoms with E-state index < -0.39 is 16.1 Å². The minimum atomic E-state index is -3.88. The van der Waals surface area contributed by atoms with E-state index in [0.29, 0.717) is 13.1 Å². The molecule has 2 aromatic carbocycles. The Hall–Kier alpha value is -2.91. The molecule has 0 radical (unpaired) electrons. The van der Waals surface area contributed by atoms with Crippen molar-refractivity contribution in [3.8, 4) is 5.75 Å². The Kier molecular flexibility index (Phi) is 6.97. The Balaban J connectivity index is 2.02. The average Bonchev–Trinajstić information content (AvgIpc) is 2.94. The molecule has 0 saturated carbocycles. The lowest BCUT2D eigenvalue weighted by molar-refractivity contribution is -0.121. The Bertz CT molecular complexity index is 1050. The van der Waals surface area contributed by atoms with Crippen LogP contribution >= 0.6 is 0 Å². The molecule has 2 amide bonds. The van der Waals surface area contributed by atoms with E-state index in [1.165, 1.54) is 25.3 Å². The van der Waals surface area contributed by atoms with Gasteiger partial charge in [-0.05, 0) is 37.6 Å². The fraction of sp³-hybridized carbons (Fsp3) is 0.364. The monoisotopic (exact) mass is 445 g/mol. The zero-order valence-electron chi connectivity index (χ0n) is 17.8. The summed E-state index contributed by atoms with van der Waals surface area (Å²) in [6, 6.07) is 12.9. The summed E-state index contributed by atoms with van der Waals surface area (Å²) in [6.07, 6.45) is 0.131. The molecule has 2 N–H and O–H groups in total. The molecule has 1 heterocycles. The molecule has 1 saturated heterocycles. The van der Waals surface area contributed by atoms with Crippen LogP contribution in [0.25, 0.3) is 0 Å². The molecule has 0 aliphatic carbocycles. The van der Waals surface area contributed by atoms with E-state index in [-0.39, 0.29) is 40.5 Å². The van der Waals surface area contributed by atoms with Gasteiger partial charge in [-0.15, -0.1) is 0 Å². The molecule has 0 unspecified atom stereocenters. The van der Waals surface area contributed by atoms with Crippen molar-refractivity contribution in [1.29, 1.82) is 0 Å². The first-order chi connectivity index (χ1) is 14.7. The van der Waals surface area contributed by atoms with Crippen LogP contribution in [0.5, 0.6) is 5.75 Å². The van der Waals surface area contributed by atoms with Gasteiger partial charge >= 0.3 is 0 Å². The van der Waals surface area contributed by atoms with Crippen LogP contribution in [-0.2, 0) is 14.8 Å². The quantitative estimate of drug-likeness (QED) is 0.708. The van der Waals surface area contributed by atoms with E-state index in [9.17, 15) is 18.0 Å². The molecule has 1 aliphatic heterocycles. The molecule has 31 heavy (non-hydrogen) atoms. The van der Waals surface area contributed by atoms with Gasteiger partial charge in [0.25, 0.3) is 5.91 Å². The molecule has 0 spiro atoms. The van der Waals surface area contributed by atoms with Gasteiger partial charge in [-0.2, -0.15) is 0 Å². The van der Waals surface area contributed by atoms with Gasteiger partial charge in [0.05, 0.1) is 19.6 Å². The molecule has 0 bridgehead atoms. The van der Waals surface area contributed by atoms with Gasteiger partial charge in [0.15, 0.2) is 0 Å². The van der Waals surface area contributed by atoms with Crippen LogP contribution in [0.2, 0.25) is 0 Å². The zero-order valence-corrected chi connectivity index (χ0v) is 18.6. The van der Waals surface area contributed by atoms with Crippen molar-refractivity contribution in [2.24, 2.45) is 0 Å². The van der Waals surface area contributed by atoms with E-state index in [4.69, 9.17) is 4.74 Å². The van der Waals surface area contributed by atoms with Crippen LogP contribution in [0.3, 0.4) is 0 Å². The SMILES string of the molecule is COc1ccc(C(=O)N2CCNC(=O)C[C@H]2c2ccccc2)cc1S(=O)(=O)NC(C)C. The van der Waals surface area contributed by atoms with Crippen molar-refractivity contribution >= 4 is 21.8 Å². The summed E-state index contributed by atoms with van der Waals surface area (Å²) >= 11 is 0. The first-order valence-electron chi connectivity index (χ1n) is 10.1.